The van der Waals surface area contributed by atoms with E-state index in [2.05, 4.69) is 21.2 Å². The molecule has 2 rings (SSSR count). The van der Waals surface area contributed by atoms with Gasteiger partial charge in [0.05, 0.1) is 6.61 Å². The van der Waals surface area contributed by atoms with E-state index in [1.165, 1.54) is 19.3 Å². The fourth-order valence-electron chi connectivity index (χ4n) is 2.53. The lowest BCUT2D eigenvalue weighted by atomic mass is 9.95. The molecule has 3 nitrogen and oxygen atoms in total. The number of amides is 1. The van der Waals surface area contributed by atoms with E-state index < -0.39 is 0 Å². The molecule has 0 heterocycles. The predicted molar refractivity (Wildman–Crippen MR) is 83.9 cm³/mol. The van der Waals surface area contributed by atoms with Crippen LogP contribution in [0, 0.1) is 0 Å². The smallest absolute Gasteiger partial charge is 0.220 e. The molecule has 0 aliphatic heterocycles. The Morgan fingerprint density at radius 2 is 2.10 bits per heavy atom. The van der Waals surface area contributed by atoms with Gasteiger partial charge in [0.25, 0.3) is 0 Å². The molecule has 1 aliphatic rings. The molecule has 0 atom stereocenters. The third kappa shape index (κ3) is 5.53. The second kappa shape index (κ2) is 8.30. The Hall–Kier alpha value is -1.03. The number of halogens is 1. The quantitative estimate of drug-likeness (QED) is 0.793. The van der Waals surface area contributed by atoms with Crippen LogP contribution < -0.4 is 10.1 Å². The third-order valence-corrected chi connectivity index (χ3v) is 4.08. The standard InChI is InChI=1S/C16H22BrNO2/c17-13-6-4-9-15(12-13)20-11-5-10-16(19)18-14-7-2-1-3-8-14/h4,6,9,12,14H,1-3,5,7-8,10-11H2,(H,18,19). The van der Waals surface area contributed by atoms with Gasteiger partial charge in [-0.1, -0.05) is 41.3 Å². The highest BCUT2D eigenvalue weighted by atomic mass is 79.9. The van der Waals surface area contributed by atoms with Crippen LogP contribution in [0.2, 0.25) is 0 Å². The molecule has 0 aromatic heterocycles. The molecule has 1 fully saturated rings. The van der Waals surface area contributed by atoms with E-state index in [9.17, 15) is 4.79 Å². The average Bonchev–Trinajstić information content (AvgIpc) is 2.45. The van der Waals surface area contributed by atoms with Crippen molar-refractivity contribution in [3.63, 3.8) is 0 Å². The van der Waals surface area contributed by atoms with Crippen LogP contribution in [-0.4, -0.2) is 18.6 Å². The highest BCUT2D eigenvalue weighted by Crippen LogP contribution is 2.18. The normalized spacial score (nSPS) is 15.8. The molecule has 1 saturated carbocycles. The fraction of sp³-hybridized carbons (Fsp3) is 0.562. The number of hydrogen-bond acceptors (Lipinski definition) is 2. The van der Waals surface area contributed by atoms with Gasteiger partial charge in [-0.3, -0.25) is 4.79 Å². The summed E-state index contributed by atoms with van der Waals surface area (Å²) in [7, 11) is 0. The van der Waals surface area contributed by atoms with Crippen molar-refractivity contribution in [2.45, 2.75) is 51.0 Å². The SMILES string of the molecule is O=C(CCCOc1cccc(Br)c1)NC1CCCCC1. The first kappa shape index (κ1) is 15.4. The van der Waals surface area contributed by atoms with Crippen LogP contribution in [0.3, 0.4) is 0 Å². The van der Waals surface area contributed by atoms with Crippen LogP contribution in [0.15, 0.2) is 28.7 Å². The maximum Gasteiger partial charge on any atom is 0.220 e. The van der Waals surface area contributed by atoms with E-state index >= 15 is 0 Å². The highest BCUT2D eigenvalue weighted by molar-refractivity contribution is 9.10. The number of hydrogen-bond donors (Lipinski definition) is 1. The van der Waals surface area contributed by atoms with Gasteiger partial charge in [-0.15, -0.1) is 0 Å². The first-order valence-electron chi connectivity index (χ1n) is 7.42. The Morgan fingerprint density at radius 1 is 1.30 bits per heavy atom. The van der Waals surface area contributed by atoms with Crippen molar-refractivity contribution in [1.29, 1.82) is 0 Å². The molecule has 20 heavy (non-hydrogen) atoms. The van der Waals surface area contributed by atoms with Crippen LogP contribution in [-0.2, 0) is 4.79 Å². The molecule has 0 bridgehead atoms. The molecule has 110 valence electrons. The van der Waals surface area contributed by atoms with Crippen molar-refractivity contribution >= 4 is 21.8 Å². The van der Waals surface area contributed by atoms with Gasteiger partial charge in [0.2, 0.25) is 5.91 Å². The number of rotatable bonds is 6. The van der Waals surface area contributed by atoms with Gasteiger partial charge < -0.3 is 10.1 Å². The summed E-state index contributed by atoms with van der Waals surface area (Å²) in [6.45, 7) is 0.578. The molecule has 1 aliphatic carbocycles. The van der Waals surface area contributed by atoms with E-state index in [-0.39, 0.29) is 5.91 Å². The van der Waals surface area contributed by atoms with Gasteiger partial charge in [0, 0.05) is 16.9 Å². The van der Waals surface area contributed by atoms with Crippen LogP contribution in [0.1, 0.15) is 44.9 Å². The number of nitrogens with one attached hydrogen (secondary N) is 1. The molecule has 1 aromatic rings. The maximum absolute atomic E-state index is 11.8. The molecule has 0 spiro atoms. The topological polar surface area (TPSA) is 38.3 Å². The third-order valence-electron chi connectivity index (χ3n) is 3.58. The van der Waals surface area contributed by atoms with Crippen molar-refractivity contribution in [2.75, 3.05) is 6.61 Å². The maximum atomic E-state index is 11.8. The van der Waals surface area contributed by atoms with Crippen molar-refractivity contribution < 1.29 is 9.53 Å². The first-order valence-corrected chi connectivity index (χ1v) is 8.21. The monoisotopic (exact) mass is 339 g/mol. The zero-order chi connectivity index (χ0) is 14.2. The van der Waals surface area contributed by atoms with E-state index in [4.69, 9.17) is 4.74 Å². The fourth-order valence-corrected chi connectivity index (χ4v) is 2.90. The Morgan fingerprint density at radius 3 is 2.85 bits per heavy atom. The van der Waals surface area contributed by atoms with Crippen LogP contribution in [0.5, 0.6) is 5.75 Å². The molecular formula is C16H22BrNO2. The Bertz CT molecular complexity index is 430. The molecular weight excluding hydrogens is 318 g/mol. The zero-order valence-corrected chi connectivity index (χ0v) is 13.3. The van der Waals surface area contributed by atoms with Gasteiger partial charge in [0.15, 0.2) is 0 Å². The molecule has 4 heteroatoms. The lowest BCUT2D eigenvalue weighted by Crippen LogP contribution is -2.36. The second-order valence-corrected chi connectivity index (χ2v) is 6.23. The minimum absolute atomic E-state index is 0.162. The van der Waals surface area contributed by atoms with Gasteiger partial charge in [-0.25, -0.2) is 0 Å². The largest absolute Gasteiger partial charge is 0.494 e. The van der Waals surface area contributed by atoms with Gasteiger partial charge in [0.1, 0.15) is 5.75 Å². The molecule has 0 radical (unpaired) electrons. The number of carbonyl (C=O) groups excluding carboxylic acids is 1. The van der Waals surface area contributed by atoms with Crippen LogP contribution >= 0.6 is 15.9 Å². The van der Waals surface area contributed by atoms with E-state index in [0.717, 1.165) is 29.5 Å². The first-order chi connectivity index (χ1) is 9.74. The summed E-state index contributed by atoms with van der Waals surface area (Å²) in [6.07, 6.45) is 7.39. The predicted octanol–water partition coefficient (Wildman–Crippen LogP) is 4.06. The number of carbonyl (C=O) groups is 1. The molecule has 1 aromatic carbocycles. The molecule has 0 unspecified atom stereocenters. The zero-order valence-electron chi connectivity index (χ0n) is 11.7. The summed E-state index contributed by atoms with van der Waals surface area (Å²) in [5.74, 6) is 1.00. The summed E-state index contributed by atoms with van der Waals surface area (Å²) in [6, 6.07) is 8.16. The van der Waals surface area contributed by atoms with Crippen LogP contribution in [0.4, 0.5) is 0 Å². The summed E-state index contributed by atoms with van der Waals surface area (Å²) < 4.78 is 6.62. The summed E-state index contributed by atoms with van der Waals surface area (Å²) in [5.41, 5.74) is 0. The summed E-state index contributed by atoms with van der Waals surface area (Å²) in [4.78, 5) is 11.8. The lowest BCUT2D eigenvalue weighted by Gasteiger charge is -2.22. The van der Waals surface area contributed by atoms with Crippen molar-refractivity contribution in [3.8, 4) is 5.75 Å². The van der Waals surface area contributed by atoms with E-state index in [1.807, 2.05) is 24.3 Å². The van der Waals surface area contributed by atoms with Crippen molar-refractivity contribution in [2.24, 2.45) is 0 Å². The second-order valence-electron chi connectivity index (χ2n) is 5.31. The minimum Gasteiger partial charge on any atom is -0.494 e. The molecule has 1 N–H and O–H groups in total. The highest BCUT2D eigenvalue weighted by Gasteiger charge is 2.15. The van der Waals surface area contributed by atoms with E-state index in [1.54, 1.807) is 0 Å². The summed E-state index contributed by atoms with van der Waals surface area (Å²) in [5, 5.41) is 3.12. The Kier molecular flexibility index (Phi) is 6.37. The van der Waals surface area contributed by atoms with Crippen molar-refractivity contribution in [1.82, 2.24) is 5.32 Å². The average molecular weight is 340 g/mol. The van der Waals surface area contributed by atoms with Crippen LogP contribution in [0.25, 0.3) is 0 Å². The van der Waals surface area contributed by atoms with Gasteiger partial charge in [-0.05, 0) is 37.5 Å². The van der Waals surface area contributed by atoms with E-state index in [0.29, 0.717) is 19.1 Å². The molecule has 0 saturated heterocycles. The van der Waals surface area contributed by atoms with Crippen molar-refractivity contribution in [3.05, 3.63) is 28.7 Å². The van der Waals surface area contributed by atoms with Gasteiger partial charge in [-0.2, -0.15) is 0 Å². The minimum atomic E-state index is 0.162. The van der Waals surface area contributed by atoms with Gasteiger partial charge >= 0.3 is 0 Å². The lowest BCUT2D eigenvalue weighted by molar-refractivity contribution is -0.122. The Balaban J connectivity index is 1.59. The number of ether oxygens (including phenoxy) is 1. The number of benzene rings is 1. The Labute approximate surface area is 129 Å². The molecule has 1 amide bonds. The summed E-state index contributed by atoms with van der Waals surface area (Å²) >= 11 is 3.41.